The van der Waals surface area contributed by atoms with Gasteiger partial charge >= 0.3 is 5.97 Å². The van der Waals surface area contributed by atoms with Crippen LogP contribution in [0.15, 0.2) is 36.4 Å². The molecule has 1 N–H and O–H groups in total. The van der Waals surface area contributed by atoms with E-state index in [2.05, 4.69) is 0 Å². The highest BCUT2D eigenvalue weighted by Crippen LogP contribution is 2.26. The zero-order chi connectivity index (χ0) is 16.1. The maximum Gasteiger partial charge on any atom is 0.342 e. The second-order valence-corrected chi connectivity index (χ2v) is 4.85. The summed E-state index contributed by atoms with van der Waals surface area (Å²) in [4.78, 5) is 12.0. The van der Waals surface area contributed by atoms with Gasteiger partial charge in [0, 0.05) is 10.6 Å². The first-order chi connectivity index (χ1) is 10.5. The molecule has 0 spiro atoms. The molecule has 22 heavy (non-hydrogen) atoms. The molecule has 0 aliphatic carbocycles. The molecule has 0 saturated carbocycles. The normalized spacial score (nSPS) is 10.1. The summed E-state index contributed by atoms with van der Waals surface area (Å²) in [6, 6.07) is 9.38. The van der Waals surface area contributed by atoms with E-state index >= 15 is 0 Å². The lowest BCUT2D eigenvalue weighted by Gasteiger charge is -2.11. The number of benzene rings is 2. The van der Waals surface area contributed by atoms with Gasteiger partial charge in [0.25, 0.3) is 0 Å². The van der Waals surface area contributed by atoms with E-state index in [1.54, 1.807) is 25.3 Å². The number of ether oxygens (including phenoxy) is 3. The Hall–Kier alpha value is -2.40. The Bertz CT molecular complexity index is 684. The number of hydrogen-bond donors (Lipinski definition) is 1. The second-order valence-electron chi connectivity index (χ2n) is 4.42. The Morgan fingerprint density at radius 1 is 1.14 bits per heavy atom. The number of esters is 1. The van der Waals surface area contributed by atoms with E-state index in [1.807, 2.05) is 0 Å². The molecule has 0 aliphatic heterocycles. The molecule has 2 aromatic rings. The van der Waals surface area contributed by atoms with Gasteiger partial charge in [-0.25, -0.2) is 4.79 Å². The molecule has 0 amide bonds. The van der Waals surface area contributed by atoms with Gasteiger partial charge in [-0.3, -0.25) is 0 Å². The van der Waals surface area contributed by atoms with Crippen LogP contribution in [0, 0.1) is 0 Å². The van der Waals surface area contributed by atoms with Crippen LogP contribution >= 0.6 is 11.6 Å². The summed E-state index contributed by atoms with van der Waals surface area (Å²) in [5.41, 5.74) is 0.704. The standard InChI is InChI=1S/C16H15ClO5/c1-20-12-4-6-15(21-2)10(7-12)9-22-16(19)13-5-3-11(17)8-14(13)18/h3-8,18H,9H2,1-2H3. The van der Waals surface area contributed by atoms with Crippen LogP contribution in [0.25, 0.3) is 0 Å². The molecule has 0 aromatic heterocycles. The van der Waals surface area contributed by atoms with Gasteiger partial charge in [-0.2, -0.15) is 0 Å². The Balaban J connectivity index is 2.13. The average molecular weight is 323 g/mol. The molecule has 0 heterocycles. The number of halogens is 1. The SMILES string of the molecule is COc1ccc(OC)c(COC(=O)c2ccc(Cl)cc2O)c1. The van der Waals surface area contributed by atoms with Crippen LogP contribution in [0.1, 0.15) is 15.9 Å². The molecule has 0 unspecified atom stereocenters. The molecule has 2 aromatic carbocycles. The Kier molecular flexibility index (Phi) is 5.12. The lowest BCUT2D eigenvalue weighted by atomic mass is 10.2. The van der Waals surface area contributed by atoms with Crippen molar-refractivity contribution in [1.29, 1.82) is 0 Å². The maximum absolute atomic E-state index is 12.0. The van der Waals surface area contributed by atoms with E-state index < -0.39 is 5.97 Å². The van der Waals surface area contributed by atoms with Gasteiger partial charge in [-0.15, -0.1) is 0 Å². The van der Waals surface area contributed by atoms with Gasteiger partial charge in [0.2, 0.25) is 0 Å². The van der Waals surface area contributed by atoms with Gasteiger partial charge in [0.1, 0.15) is 29.4 Å². The summed E-state index contributed by atoms with van der Waals surface area (Å²) in [7, 11) is 3.07. The third kappa shape index (κ3) is 3.62. The van der Waals surface area contributed by atoms with Crippen LogP contribution in [0.4, 0.5) is 0 Å². The number of carbonyl (C=O) groups is 1. The van der Waals surface area contributed by atoms with Crippen molar-refractivity contribution in [1.82, 2.24) is 0 Å². The van der Waals surface area contributed by atoms with Gasteiger partial charge in [0.05, 0.1) is 14.2 Å². The van der Waals surface area contributed by atoms with Crippen LogP contribution < -0.4 is 9.47 Å². The van der Waals surface area contributed by atoms with Crippen LogP contribution in [-0.2, 0) is 11.3 Å². The largest absolute Gasteiger partial charge is 0.507 e. The lowest BCUT2D eigenvalue weighted by molar-refractivity contribution is 0.0466. The third-order valence-corrected chi connectivity index (χ3v) is 3.26. The van der Waals surface area contributed by atoms with Crippen molar-refractivity contribution in [2.75, 3.05) is 14.2 Å². The van der Waals surface area contributed by atoms with Crippen molar-refractivity contribution in [3.8, 4) is 17.2 Å². The first-order valence-corrected chi connectivity index (χ1v) is 6.79. The summed E-state index contributed by atoms with van der Waals surface area (Å²) in [6.07, 6.45) is 0. The van der Waals surface area contributed by atoms with E-state index in [0.29, 0.717) is 22.1 Å². The molecule has 0 saturated heterocycles. The Morgan fingerprint density at radius 2 is 1.91 bits per heavy atom. The Labute approximate surface area is 133 Å². The van der Waals surface area contributed by atoms with Crippen molar-refractivity contribution >= 4 is 17.6 Å². The predicted octanol–water partition coefficient (Wildman–Crippen LogP) is 3.42. The van der Waals surface area contributed by atoms with Crippen molar-refractivity contribution in [2.45, 2.75) is 6.61 Å². The fourth-order valence-corrected chi connectivity index (χ4v) is 2.06. The van der Waals surface area contributed by atoms with Crippen LogP contribution in [0.3, 0.4) is 0 Å². The highest BCUT2D eigenvalue weighted by molar-refractivity contribution is 6.30. The average Bonchev–Trinajstić information content (AvgIpc) is 2.52. The predicted molar refractivity (Wildman–Crippen MR) is 81.8 cm³/mol. The van der Waals surface area contributed by atoms with Gasteiger partial charge in [-0.1, -0.05) is 11.6 Å². The number of carbonyl (C=O) groups excluding carboxylic acids is 1. The van der Waals surface area contributed by atoms with Crippen molar-refractivity contribution in [3.63, 3.8) is 0 Å². The first kappa shape index (κ1) is 16.0. The topological polar surface area (TPSA) is 65.0 Å². The minimum atomic E-state index is -0.654. The molecule has 5 nitrogen and oxygen atoms in total. The summed E-state index contributed by atoms with van der Waals surface area (Å²) in [5, 5.41) is 10.0. The van der Waals surface area contributed by atoms with Crippen molar-refractivity contribution < 1.29 is 24.1 Å². The zero-order valence-corrected chi connectivity index (χ0v) is 12.9. The highest BCUT2D eigenvalue weighted by atomic mass is 35.5. The molecule has 0 fully saturated rings. The molecule has 6 heteroatoms. The second kappa shape index (κ2) is 7.04. The van der Waals surface area contributed by atoms with Crippen LogP contribution in [0.2, 0.25) is 5.02 Å². The summed E-state index contributed by atoms with van der Waals surface area (Å²) in [6.45, 7) is -0.0126. The molecular formula is C16H15ClO5. The van der Waals surface area contributed by atoms with Crippen LogP contribution in [0.5, 0.6) is 17.2 Å². The van der Waals surface area contributed by atoms with Crippen molar-refractivity contribution in [3.05, 3.63) is 52.5 Å². The van der Waals surface area contributed by atoms with Crippen molar-refractivity contribution in [2.24, 2.45) is 0 Å². The minimum Gasteiger partial charge on any atom is -0.507 e. The molecular weight excluding hydrogens is 308 g/mol. The molecule has 0 atom stereocenters. The highest BCUT2D eigenvalue weighted by Gasteiger charge is 2.14. The number of phenolic OH excluding ortho intramolecular Hbond substituents is 1. The smallest absolute Gasteiger partial charge is 0.342 e. The molecule has 0 aliphatic rings. The number of phenols is 1. The van der Waals surface area contributed by atoms with Gasteiger partial charge < -0.3 is 19.3 Å². The summed E-state index contributed by atoms with van der Waals surface area (Å²) in [5.74, 6) is 0.323. The van der Waals surface area contributed by atoms with Gasteiger partial charge in [0.15, 0.2) is 0 Å². The summed E-state index contributed by atoms with van der Waals surface area (Å²) < 4.78 is 15.5. The van der Waals surface area contributed by atoms with E-state index in [4.69, 9.17) is 25.8 Å². The quantitative estimate of drug-likeness (QED) is 0.854. The number of rotatable bonds is 5. The number of methoxy groups -OCH3 is 2. The molecule has 116 valence electrons. The van der Waals surface area contributed by atoms with E-state index in [9.17, 15) is 9.90 Å². The molecule has 2 rings (SSSR count). The van der Waals surface area contributed by atoms with E-state index in [1.165, 1.54) is 25.3 Å². The molecule has 0 bridgehead atoms. The van der Waals surface area contributed by atoms with E-state index in [-0.39, 0.29) is 17.9 Å². The van der Waals surface area contributed by atoms with Gasteiger partial charge in [-0.05, 0) is 36.4 Å². The molecule has 0 radical (unpaired) electrons. The number of aromatic hydroxyl groups is 1. The first-order valence-electron chi connectivity index (χ1n) is 6.41. The lowest BCUT2D eigenvalue weighted by Crippen LogP contribution is -2.06. The minimum absolute atomic E-state index is 0.0126. The summed E-state index contributed by atoms with van der Waals surface area (Å²) >= 11 is 5.73. The maximum atomic E-state index is 12.0. The van der Waals surface area contributed by atoms with E-state index in [0.717, 1.165) is 0 Å². The number of hydrogen-bond acceptors (Lipinski definition) is 5. The zero-order valence-electron chi connectivity index (χ0n) is 12.1. The fraction of sp³-hybridized carbons (Fsp3) is 0.188. The van der Waals surface area contributed by atoms with Crippen LogP contribution in [-0.4, -0.2) is 25.3 Å². The fourth-order valence-electron chi connectivity index (χ4n) is 1.89. The Morgan fingerprint density at radius 3 is 2.55 bits per heavy atom. The third-order valence-electron chi connectivity index (χ3n) is 3.03. The monoisotopic (exact) mass is 322 g/mol.